The largest absolute Gasteiger partial charge is 0.394 e. The van der Waals surface area contributed by atoms with Crippen LogP contribution in [0.5, 0.6) is 0 Å². The number of rotatable bonds is 64. The summed E-state index contributed by atoms with van der Waals surface area (Å²) < 4.78 is 11.3. The highest BCUT2D eigenvalue weighted by Crippen LogP contribution is 2.23. The highest BCUT2D eigenvalue weighted by Gasteiger charge is 2.44. The molecule has 1 heterocycles. The Morgan fingerprint density at radius 1 is 0.400 bits per heavy atom. The minimum Gasteiger partial charge on any atom is -0.394 e. The molecule has 0 spiro atoms. The molecule has 0 radical (unpaired) electrons. The van der Waals surface area contributed by atoms with E-state index in [1.54, 1.807) is 6.08 Å². The van der Waals surface area contributed by atoms with Gasteiger partial charge in [-0.2, -0.15) is 0 Å². The van der Waals surface area contributed by atoms with Crippen LogP contribution >= 0.6 is 0 Å². The predicted molar refractivity (Wildman–Crippen MR) is 364 cm³/mol. The van der Waals surface area contributed by atoms with Gasteiger partial charge in [0, 0.05) is 6.42 Å². The monoisotopic (exact) mass is 1190 g/mol. The number of ether oxygens (including phenoxy) is 2. The lowest BCUT2D eigenvalue weighted by atomic mass is 9.99. The number of hydrogen-bond acceptors (Lipinski definition) is 8. The second-order valence-corrected chi connectivity index (χ2v) is 25.4. The van der Waals surface area contributed by atoms with Crippen LogP contribution < -0.4 is 5.32 Å². The van der Waals surface area contributed by atoms with Crippen molar-refractivity contribution in [2.24, 2.45) is 0 Å². The Hall–Kier alpha value is -2.37. The Bertz CT molecular complexity index is 1570. The van der Waals surface area contributed by atoms with Gasteiger partial charge in [0.05, 0.1) is 25.4 Å². The summed E-state index contributed by atoms with van der Waals surface area (Å²) in [5, 5.41) is 54.8. The topological polar surface area (TPSA) is 149 Å². The third-order valence-electron chi connectivity index (χ3n) is 17.2. The quantitative estimate of drug-likeness (QED) is 0.0261. The van der Waals surface area contributed by atoms with Crippen LogP contribution in [0.3, 0.4) is 0 Å². The Morgan fingerprint density at radius 3 is 1.07 bits per heavy atom. The van der Waals surface area contributed by atoms with Gasteiger partial charge in [-0.3, -0.25) is 4.79 Å². The standard InChI is InChI=1S/C76H139NO8/c1-3-5-7-9-11-13-15-17-19-21-23-25-27-29-31-32-33-34-35-36-37-38-40-42-44-46-48-50-52-54-56-58-60-62-64-66-72(80)77-69(68-84-76-75(83)74(82)73(81)71(67-78)85-76)70(79)65-63-61-59-57-55-53-51-49-47-45-43-41-39-30-28-26-24-22-20-18-16-14-12-10-8-6-4-2/h15,17,21,23,27,29,47,49,55,57,63,65,69-71,73-76,78-79,81-83H,3-14,16,18-20,22,24-26,28,30-46,48,50-54,56,58-62,64,66-68H2,1-2H3,(H,77,80)/b17-15-,23-21-,29-27-,49-47+,57-55+,65-63+. The van der Waals surface area contributed by atoms with Crippen LogP contribution in [-0.4, -0.2) is 87.5 Å². The number of unbranched alkanes of at least 4 members (excludes halogenated alkanes) is 44. The summed E-state index contributed by atoms with van der Waals surface area (Å²) in [5.74, 6) is -0.186. The van der Waals surface area contributed by atoms with Gasteiger partial charge in [0.2, 0.25) is 5.91 Å². The van der Waals surface area contributed by atoms with E-state index in [2.05, 4.69) is 79.9 Å². The molecular weight excluding hydrogens is 1050 g/mol. The molecule has 0 aromatic rings. The molecule has 1 aliphatic heterocycles. The van der Waals surface area contributed by atoms with Crippen LogP contribution in [0.1, 0.15) is 348 Å². The summed E-state index contributed by atoms with van der Waals surface area (Å²) >= 11 is 0. The van der Waals surface area contributed by atoms with E-state index in [4.69, 9.17) is 9.47 Å². The zero-order valence-electron chi connectivity index (χ0n) is 55.6. The molecule has 496 valence electrons. The van der Waals surface area contributed by atoms with Crippen LogP contribution in [0, 0.1) is 0 Å². The maximum atomic E-state index is 13.1. The van der Waals surface area contributed by atoms with Gasteiger partial charge in [0.15, 0.2) is 6.29 Å². The van der Waals surface area contributed by atoms with Crippen LogP contribution in [-0.2, 0) is 14.3 Å². The zero-order valence-corrected chi connectivity index (χ0v) is 55.6. The molecule has 6 N–H and O–H groups in total. The molecule has 1 aliphatic rings. The number of aliphatic hydroxyl groups excluding tert-OH is 5. The van der Waals surface area contributed by atoms with Gasteiger partial charge in [-0.05, 0) is 83.5 Å². The highest BCUT2D eigenvalue weighted by atomic mass is 16.7. The Morgan fingerprint density at radius 2 is 0.706 bits per heavy atom. The van der Waals surface area contributed by atoms with E-state index in [1.807, 2.05) is 6.08 Å². The van der Waals surface area contributed by atoms with E-state index in [-0.39, 0.29) is 12.5 Å². The maximum absolute atomic E-state index is 13.1. The third kappa shape index (κ3) is 53.2. The average Bonchev–Trinajstić information content (AvgIpc) is 3.71. The maximum Gasteiger partial charge on any atom is 0.220 e. The molecule has 9 heteroatoms. The molecule has 7 unspecified atom stereocenters. The minimum absolute atomic E-state index is 0.186. The summed E-state index contributed by atoms with van der Waals surface area (Å²) in [6, 6.07) is -0.832. The van der Waals surface area contributed by atoms with Gasteiger partial charge >= 0.3 is 0 Å². The molecule has 9 nitrogen and oxygen atoms in total. The second kappa shape index (κ2) is 64.6. The molecule has 1 saturated heterocycles. The molecule has 1 fully saturated rings. The fourth-order valence-electron chi connectivity index (χ4n) is 11.5. The zero-order chi connectivity index (χ0) is 61.4. The SMILES string of the molecule is CCCCCCC/C=C\C/C=C\C/C=C\CCCCCCCCCCCCCCCCCCCCCCC(=O)NC(COC1OC(CO)C(O)C(O)C1O)C(O)/C=C/CC/C=C/CC/C=C/CCCCCCCCCCCCCCCCCCC. The first-order valence-electron chi connectivity index (χ1n) is 36.7. The number of aliphatic hydroxyl groups is 5. The fraction of sp³-hybridized carbons (Fsp3) is 0.829. The average molecular weight is 1190 g/mol. The first-order chi connectivity index (χ1) is 41.8. The molecule has 0 aromatic heterocycles. The number of amides is 1. The molecule has 1 rings (SSSR count). The van der Waals surface area contributed by atoms with Crippen molar-refractivity contribution < 1.29 is 39.8 Å². The summed E-state index contributed by atoms with van der Waals surface area (Å²) in [4.78, 5) is 13.1. The van der Waals surface area contributed by atoms with Crippen molar-refractivity contribution in [1.29, 1.82) is 0 Å². The Balaban J connectivity index is 2.13. The number of hydrogen-bond donors (Lipinski definition) is 6. The van der Waals surface area contributed by atoms with Crippen molar-refractivity contribution in [3.63, 3.8) is 0 Å². The van der Waals surface area contributed by atoms with Crippen molar-refractivity contribution in [3.05, 3.63) is 72.9 Å². The molecule has 7 atom stereocenters. The van der Waals surface area contributed by atoms with Crippen LogP contribution in [0.15, 0.2) is 72.9 Å². The summed E-state index contributed by atoms with van der Waals surface area (Å²) in [7, 11) is 0. The highest BCUT2D eigenvalue weighted by molar-refractivity contribution is 5.76. The van der Waals surface area contributed by atoms with E-state index in [0.717, 1.165) is 57.8 Å². The van der Waals surface area contributed by atoms with Gasteiger partial charge in [-0.15, -0.1) is 0 Å². The van der Waals surface area contributed by atoms with E-state index < -0.39 is 49.5 Å². The Kier molecular flexibility index (Phi) is 61.3. The smallest absolute Gasteiger partial charge is 0.220 e. The van der Waals surface area contributed by atoms with Gasteiger partial charge in [0.1, 0.15) is 24.4 Å². The van der Waals surface area contributed by atoms with Gasteiger partial charge < -0.3 is 40.3 Å². The second-order valence-electron chi connectivity index (χ2n) is 25.4. The number of carbonyl (C=O) groups excluding carboxylic acids is 1. The summed E-state index contributed by atoms with van der Waals surface area (Å²) in [6.07, 6.45) is 84.5. The molecular formula is C76H139NO8. The van der Waals surface area contributed by atoms with Gasteiger partial charge in [0.25, 0.3) is 0 Å². The molecule has 0 aliphatic carbocycles. The lowest BCUT2D eigenvalue weighted by Gasteiger charge is -2.40. The van der Waals surface area contributed by atoms with E-state index >= 15 is 0 Å². The summed E-state index contributed by atoms with van der Waals surface area (Å²) in [6.45, 7) is 3.79. The van der Waals surface area contributed by atoms with E-state index in [1.165, 1.54) is 270 Å². The first-order valence-corrected chi connectivity index (χ1v) is 36.7. The normalized spacial score (nSPS) is 18.5. The van der Waals surface area contributed by atoms with Crippen LogP contribution in [0.25, 0.3) is 0 Å². The number of allylic oxidation sites excluding steroid dienone is 11. The van der Waals surface area contributed by atoms with Gasteiger partial charge in [-0.25, -0.2) is 0 Å². The number of nitrogens with one attached hydrogen (secondary N) is 1. The van der Waals surface area contributed by atoms with Crippen molar-refractivity contribution in [3.8, 4) is 0 Å². The molecule has 0 saturated carbocycles. The fourth-order valence-corrected chi connectivity index (χ4v) is 11.5. The van der Waals surface area contributed by atoms with Gasteiger partial charge in [-0.1, -0.05) is 331 Å². The Labute approximate surface area is 525 Å². The molecule has 1 amide bonds. The van der Waals surface area contributed by atoms with Crippen molar-refractivity contribution in [2.45, 2.75) is 391 Å². The van der Waals surface area contributed by atoms with Crippen molar-refractivity contribution in [1.82, 2.24) is 5.32 Å². The molecule has 0 aromatic carbocycles. The molecule has 0 bridgehead atoms. The van der Waals surface area contributed by atoms with Crippen molar-refractivity contribution >= 4 is 5.91 Å². The lowest BCUT2D eigenvalue weighted by Crippen LogP contribution is -2.60. The summed E-state index contributed by atoms with van der Waals surface area (Å²) in [5.41, 5.74) is 0. The number of carbonyl (C=O) groups is 1. The van der Waals surface area contributed by atoms with E-state index in [0.29, 0.717) is 6.42 Å². The van der Waals surface area contributed by atoms with Crippen LogP contribution in [0.2, 0.25) is 0 Å². The third-order valence-corrected chi connectivity index (χ3v) is 17.2. The van der Waals surface area contributed by atoms with Crippen LogP contribution in [0.4, 0.5) is 0 Å². The van der Waals surface area contributed by atoms with E-state index in [9.17, 15) is 30.3 Å². The first kappa shape index (κ1) is 80.6. The van der Waals surface area contributed by atoms with Crippen molar-refractivity contribution in [2.75, 3.05) is 13.2 Å². The lowest BCUT2D eigenvalue weighted by molar-refractivity contribution is -0.302. The minimum atomic E-state index is -1.58. The molecule has 85 heavy (non-hydrogen) atoms. The predicted octanol–water partition coefficient (Wildman–Crippen LogP) is 20.3.